The third kappa shape index (κ3) is 3.98. The molecule has 0 aliphatic carbocycles. The lowest BCUT2D eigenvalue weighted by molar-refractivity contribution is 0.316. The SMILES string of the molecule is Cc1cccc([SiH2]P(CCO)CCO)c1C. The van der Waals surface area contributed by atoms with Crippen LogP contribution in [0.15, 0.2) is 18.2 Å². The van der Waals surface area contributed by atoms with E-state index in [1.807, 2.05) is 0 Å². The van der Waals surface area contributed by atoms with Crippen LogP contribution in [0, 0.1) is 13.8 Å². The zero-order chi connectivity index (χ0) is 12.0. The molecule has 0 heterocycles. The normalized spacial score (nSPS) is 11.8. The molecule has 0 radical (unpaired) electrons. The summed E-state index contributed by atoms with van der Waals surface area (Å²) in [7, 11) is -0.452. The number of aliphatic hydroxyl groups excluding tert-OH is 2. The number of rotatable bonds is 6. The molecule has 1 aromatic rings. The maximum Gasteiger partial charge on any atom is 0.0823 e. The fourth-order valence-electron chi connectivity index (χ4n) is 1.78. The van der Waals surface area contributed by atoms with Gasteiger partial charge in [-0.2, -0.15) is 0 Å². The molecule has 0 spiro atoms. The summed E-state index contributed by atoms with van der Waals surface area (Å²) in [6.45, 7) is 4.86. The van der Waals surface area contributed by atoms with E-state index in [9.17, 15) is 0 Å². The lowest BCUT2D eigenvalue weighted by Gasteiger charge is -2.17. The van der Waals surface area contributed by atoms with Crippen molar-refractivity contribution < 1.29 is 10.2 Å². The molecule has 16 heavy (non-hydrogen) atoms. The molecular formula is C12H21O2PSi. The van der Waals surface area contributed by atoms with Crippen LogP contribution < -0.4 is 5.19 Å². The van der Waals surface area contributed by atoms with Crippen molar-refractivity contribution in [1.82, 2.24) is 0 Å². The number of hydrogen-bond acceptors (Lipinski definition) is 2. The van der Waals surface area contributed by atoms with Crippen molar-refractivity contribution >= 4 is 21.8 Å². The van der Waals surface area contributed by atoms with Crippen molar-refractivity contribution in [3.8, 4) is 0 Å². The molecule has 0 fully saturated rings. The minimum atomic E-state index is -0.325. The molecule has 0 atom stereocenters. The second-order valence-corrected chi connectivity index (χ2v) is 11.0. The predicted molar refractivity (Wildman–Crippen MR) is 74.9 cm³/mol. The van der Waals surface area contributed by atoms with E-state index >= 15 is 0 Å². The van der Waals surface area contributed by atoms with E-state index in [0.29, 0.717) is 0 Å². The van der Waals surface area contributed by atoms with E-state index in [-0.39, 0.29) is 29.9 Å². The molecule has 4 heteroatoms. The summed E-state index contributed by atoms with van der Waals surface area (Å²) < 4.78 is 0. The highest BCUT2D eigenvalue weighted by atomic mass is 31.4. The Morgan fingerprint density at radius 3 is 2.31 bits per heavy atom. The minimum Gasteiger partial charge on any atom is -0.396 e. The Morgan fingerprint density at radius 1 is 1.12 bits per heavy atom. The van der Waals surface area contributed by atoms with E-state index in [4.69, 9.17) is 10.2 Å². The van der Waals surface area contributed by atoms with Crippen LogP contribution in [-0.4, -0.2) is 44.9 Å². The molecule has 0 aromatic heterocycles. The van der Waals surface area contributed by atoms with Gasteiger partial charge in [-0.1, -0.05) is 23.4 Å². The average Bonchev–Trinajstić information content (AvgIpc) is 2.25. The molecule has 0 saturated carbocycles. The first-order valence-corrected chi connectivity index (χ1v) is 10.2. The van der Waals surface area contributed by atoms with E-state index in [1.165, 1.54) is 16.3 Å². The number of aliphatic hydroxyl groups is 2. The lowest BCUT2D eigenvalue weighted by atomic mass is 10.1. The Labute approximate surface area is 101 Å². The molecular weight excluding hydrogens is 235 g/mol. The average molecular weight is 256 g/mol. The molecule has 90 valence electrons. The minimum absolute atomic E-state index is 0.127. The standard InChI is InChI=1S/C12H21O2PSi/c1-10-4-3-5-12(11(10)2)16-15(8-6-13)9-7-14/h3-5,13-14H,6-9,16H2,1-2H3. The van der Waals surface area contributed by atoms with Crippen LogP contribution in [0.4, 0.5) is 0 Å². The summed E-state index contributed by atoms with van der Waals surface area (Å²) in [6, 6.07) is 6.49. The van der Waals surface area contributed by atoms with Crippen LogP contribution in [0.5, 0.6) is 0 Å². The molecule has 2 nitrogen and oxygen atoms in total. The van der Waals surface area contributed by atoms with Crippen molar-refractivity contribution in [3.05, 3.63) is 29.3 Å². The monoisotopic (exact) mass is 256 g/mol. The van der Waals surface area contributed by atoms with Crippen molar-refractivity contribution in [3.63, 3.8) is 0 Å². The Hall–Kier alpha value is -0.213. The molecule has 0 amide bonds. The summed E-state index contributed by atoms with van der Waals surface area (Å²) in [4.78, 5) is 0. The second-order valence-electron chi connectivity index (χ2n) is 4.08. The van der Waals surface area contributed by atoms with Gasteiger partial charge in [0.25, 0.3) is 0 Å². The van der Waals surface area contributed by atoms with Crippen LogP contribution >= 0.6 is 7.47 Å². The van der Waals surface area contributed by atoms with E-state index in [2.05, 4.69) is 32.0 Å². The molecule has 0 unspecified atom stereocenters. The Bertz CT molecular complexity index is 325. The highest BCUT2D eigenvalue weighted by Crippen LogP contribution is 2.31. The van der Waals surface area contributed by atoms with E-state index in [1.54, 1.807) is 0 Å². The maximum atomic E-state index is 9.02. The summed E-state index contributed by atoms with van der Waals surface area (Å²) >= 11 is 0. The molecule has 2 N–H and O–H groups in total. The number of hydrogen-bond donors (Lipinski definition) is 2. The van der Waals surface area contributed by atoms with Gasteiger partial charge in [-0.15, -0.1) is 7.47 Å². The fraction of sp³-hybridized carbons (Fsp3) is 0.500. The first-order valence-electron chi connectivity index (χ1n) is 5.68. The molecule has 1 aromatic carbocycles. The molecule has 1 rings (SSSR count). The zero-order valence-electron chi connectivity index (χ0n) is 10.1. The fourth-order valence-corrected chi connectivity index (χ4v) is 8.39. The van der Waals surface area contributed by atoms with Crippen molar-refractivity contribution in [2.24, 2.45) is 0 Å². The van der Waals surface area contributed by atoms with Gasteiger partial charge in [0.1, 0.15) is 0 Å². The van der Waals surface area contributed by atoms with Gasteiger partial charge >= 0.3 is 0 Å². The molecule has 0 saturated heterocycles. The number of benzene rings is 1. The van der Waals surface area contributed by atoms with Gasteiger partial charge in [0.15, 0.2) is 0 Å². The first kappa shape index (κ1) is 13.9. The van der Waals surface area contributed by atoms with Crippen molar-refractivity contribution in [1.29, 1.82) is 0 Å². The molecule has 0 aliphatic rings. The summed E-state index contributed by atoms with van der Waals surface area (Å²) in [5.74, 6) is 0. The third-order valence-corrected chi connectivity index (χ3v) is 10.4. The second kappa shape index (κ2) is 7.18. The highest BCUT2D eigenvalue weighted by Gasteiger charge is 2.10. The summed E-state index contributed by atoms with van der Waals surface area (Å²) in [5.41, 5.74) is 2.77. The topological polar surface area (TPSA) is 40.5 Å². The van der Waals surface area contributed by atoms with Crippen LogP contribution in [0.25, 0.3) is 0 Å². The van der Waals surface area contributed by atoms with Gasteiger partial charge in [-0.05, 0) is 37.3 Å². The quantitative estimate of drug-likeness (QED) is 0.574. The van der Waals surface area contributed by atoms with Crippen molar-refractivity contribution in [2.75, 3.05) is 25.5 Å². The number of aryl methyl sites for hydroxylation is 1. The van der Waals surface area contributed by atoms with Crippen molar-refractivity contribution in [2.45, 2.75) is 13.8 Å². The van der Waals surface area contributed by atoms with Crippen LogP contribution in [0.1, 0.15) is 11.1 Å². The highest BCUT2D eigenvalue weighted by molar-refractivity contribution is 7.87. The van der Waals surface area contributed by atoms with Gasteiger partial charge in [0, 0.05) is 13.2 Å². The maximum absolute atomic E-state index is 9.02. The van der Waals surface area contributed by atoms with Gasteiger partial charge in [-0.3, -0.25) is 0 Å². The van der Waals surface area contributed by atoms with E-state index in [0.717, 1.165) is 12.3 Å². The third-order valence-electron chi connectivity index (χ3n) is 2.94. The van der Waals surface area contributed by atoms with Gasteiger partial charge in [0.2, 0.25) is 0 Å². The molecule has 0 bridgehead atoms. The van der Waals surface area contributed by atoms with Gasteiger partial charge in [-0.25, -0.2) is 0 Å². The smallest absolute Gasteiger partial charge is 0.0823 e. The summed E-state index contributed by atoms with van der Waals surface area (Å²) in [5, 5.41) is 19.6. The van der Waals surface area contributed by atoms with Gasteiger partial charge < -0.3 is 10.2 Å². The Morgan fingerprint density at radius 2 is 1.75 bits per heavy atom. The lowest BCUT2D eigenvalue weighted by Crippen LogP contribution is -2.20. The summed E-state index contributed by atoms with van der Waals surface area (Å²) in [6.07, 6.45) is 1.80. The van der Waals surface area contributed by atoms with Crippen LogP contribution in [0.2, 0.25) is 0 Å². The Balaban J connectivity index is 2.72. The predicted octanol–water partition coefficient (Wildman–Crippen LogP) is 0.479. The first-order chi connectivity index (χ1) is 7.69. The molecule has 0 aliphatic heterocycles. The van der Waals surface area contributed by atoms with Gasteiger partial charge in [0.05, 0.1) is 9.19 Å². The zero-order valence-corrected chi connectivity index (χ0v) is 12.4. The van der Waals surface area contributed by atoms with Crippen LogP contribution in [-0.2, 0) is 0 Å². The van der Waals surface area contributed by atoms with Crippen LogP contribution in [0.3, 0.4) is 0 Å². The largest absolute Gasteiger partial charge is 0.396 e. The van der Waals surface area contributed by atoms with E-state index < -0.39 is 0 Å². The Kier molecular flexibility index (Phi) is 6.21.